The SMILES string of the molecule is COc1cc(C)ccc1OCC(=O)NC(C)(C)C(=O)O. The lowest BCUT2D eigenvalue weighted by Crippen LogP contribution is -2.51. The van der Waals surface area contributed by atoms with Gasteiger partial charge in [0, 0.05) is 0 Å². The van der Waals surface area contributed by atoms with Gasteiger partial charge < -0.3 is 19.9 Å². The number of aryl methyl sites for hydroxylation is 1. The number of ether oxygens (including phenoxy) is 2. The Kier molecular flexibility index (Phi) is 4.96. The summed E-state index contributed by atoms with van der Waals surface area (Å²) in [4.78, 5) is 22.6. The summed E-state index contributed by atoms with van der Waals surface area (Å²) in [5.41, 5.74) is -0.330. The van der Waals surface area contributed by atoms with Gasteiger partial charge in [0.1, 0.15) is 5.54 Å². The Balaban J connectivity index is 2.64. The van der Waals surface area contributed by atoms with E-state index >= 15 is 0 Å². The van der Waals surface area contributed by atoms with Crippen molar-refractivity contribution in [1.82, 2.24) is 5.32 Å². The fraction of sp³-hybridized carbons (Fsp3) is 0.429. The van der Waals surface area contributed by atoms with Crippen LogP contribution in [-0.2, 0) is 9.59 Å². The van der Waals surface area contributed by atoms with Gasteiger partial charge in [0.05, 0.1) is 7.11 Å². The Morgan fingerprint density at radius 1 is 1.30 bits per heavy atom. The molecule has 1 aromatic carbocycles. The Bertz CT molecular complexity index is 510. The lowest BCUT2D eigenvalue weighted by molar-refractivity contribution is -0.146. The van der Waals surface area contributed by atoms with E-state index in [-0.39, 0.29) is 6.61 Å². The van der Waals surface area contributed by atoms with Crippen LogP contribution in [0.3, 0.4) is 0 Å². The molecule has 0 fully saturated rings. The van der Waals surface area contributed by atoms with Gasteiger partial charge in [-0.05, 0) is 38.5 Å². The molecule has 0 saturated heterocycles. The molecule has 110 valence electrons. The van der Waals surface area contributed by atoms with Gasteiger partial charge in [0.15, 0.2) is 18.1 Å². The first-order valence-electron chi connectivity index (χ1n) is 6.08. The molecule has 0 aliphatic heterocycles. The van der Waals surface area contributed by atoms with Crippen LogP contribution in [-0.4, -0.2) is 36.2 Å². The predicted molar refractivity (Wildman–Crippen MR) is 73.1 cm³/mol. The van der Waals surface area contributed by atoms with Crippen LogP contribution >= 0.6 is 0 Å². The van der Waals surface area contributed by atoms with Crippen molar-refractivity contribution in [3.63, 3.8) is 0 Å². The molecule has 1 aromatic rings. The van der Waals surface area contributed by atoms with E-state index in [1.165, 1.54) is 21.0 Å². The molecular formula is C14H19NO5. The summed E-state index contributed by atoms with van der Waals surface area (Å²) in [5, 5.41) is 11.3. The molecular weight excluding hydrogens is 262 g/mol. The highest BCUT2D eigenvalue weighted by Gasteiger charge is 2.29. The number of rotatable bonds is 6. The number of hydrogen-bond donors (Lipinski definition) is 2. The second-order valence-corrected chi connectivity index (χ2v) is 4.92. The maximum atomic E-state index is 11.7. The quantitative estimate of drug-likeness (QED) is 0.822. The topological polar surface area (TPSA) is 84.9 Å². The number of carboxylic acids is 1. The summed E-state index contributed by atoms with van der Waals surface area (Å²) in [6, 6.07) is 5.31. The van der Waals surface area contributed by atoms with E-state index in [4.69, 9.17) is 14.6 Å². The summed E-state index contributed by atoms with van der Waals surface area (Å²) in [6.45, 7) is 4.43. The van der Waals surface area contributed by atoms with Crippen molar-refractivity contribution in [2.45, 2.75) is 26.3 Å². The van der Waals surface area contributed by atoms with Crippen LogP contribution in [0.15, 0.2) is 18.2 Å². The van der Waals surface area contributed by atoms with Crippen molar-refractivity contribution in [3.8, 4) is 11.5 Å². The second kappa shape index (κ2) is 6.27. The third-order valence-electron chi connectivity index (χ3n) is 2.66. The second-order valence-electron chi connectivity index (χ2n) is 4.92. The lowest BCUT2D eigenvalue weighted by atomic mass is 10.1. The van der Waals surface area contributed by atoms with Gasteiger partial charge in [0.25, 0.3) is 5.91 Å². The average Bonchev–Trinajstić information content (AvgIpc) is 2.36. The molecule has 0 aliphatic rings. The highest BCUT2D eigenvalue weighted by molar-refractivity contribution is 5.86. The first-order chi connectivity index (χ1) is 9.26. The van der Waals surface area contributed by atoms with Gasteiger partial charge in [0.2, 0.25) is 0 Å². The number of carbonyl (C=O) groups is 2. The molecule has 0 atom stereocenters. The highest BCUT2D eigenvalue weighted by Crippen LogP contribution is 2.27. The molecule has 0 aliphatic carbocycles. The number of carboxylic acid groups (broad SMARTS) is 1. The predicted octanol–water partition coefficient (Wildman–Crippen LogP) is 1.36. The van der Waals surface area contributed by atoms with Crippen molar-refractivity contribution in [1.29, 1.82) is 0 Å². The van der Waals surface area contributed by atoms with Crippen LogP contribution < -0.4 is 14.8 Å². The van der Waals surface area contributed by atoms with Crippen LogP contribution in [0.1, 0.15) is 19.4 Å². The minimum Gasteiger partial charge on any atom is -0.493 e. The molecule has 0 unspecified atom stereocenters. The summed E-state index contributed by atoms with van der Waals surface area (Å²) < 4.78 is 10.5. The molecule has 2 N–H and O–H groups in total. The zero-order valence-electron chi connectivity index (χ0n) is 12.0. The fourth-order valence-corrected chi connectivity index (χ4v) is 1.48. The molecule has 6 nitrogen and oxygen atoms in total. The number of hydrogen-bond acceptors (Lipinski definition) is 4. The zero-order valence-corrected chi connectivity index (χ0v) is 12.0. The van der Waals surface area contributed by atoms with Crippen LogP contribution in [0.4, 0.5) is 0 Å². The third kappa shape index (κ3) is 4.15. The van der Waals surface area contributed by atoms with E-state index in [9.17, 15) is 9.59 Å². The average molecular weight is 281 g/mol. The summed E-state index contributed by atoms with van der Waals surface area (Å²) >= 11 is 0. The molecule has 6 heteroatoms. The maximum absolute atomic E-state index is 11.7. The molecule has 0 spiro atoms. The number of methoxy groups -OCH3 is 1. The number of benzene rings is 1. The lowest BCUT2D eigenvalue weighted by Gasteiger charge is -2.21. The molecule has 0 aromatic heterocycles. The van der Waals surface area contributed by atoms with E-state index in [1.807, 2.05) is 13.0 Å². The van der Waals surface area contributed by atoms with E-state index in [2.05, 4.69) is 5.32 Å². The minimum absolute atomic E-state index is 0.282. The van der Waals surface area contributed by atoms with Crippen molar-refractivity contribution in [2.24, 2.45) is 0 Å². The largest absolute Gasteiger partial charge is 0.493 e. The van der Waals surface area contributed by atoms with Gasteiger partial charge in [-0.2, -0.15) is 0 Å². The smallest absolute Gasteiger partial charge is 0.328 e. The van der Waals surface area contributed by atoms with Gasteiger partial charge in [-0.15, -0.1) is 0 Å². The Labute approximate surface area is 117 Å². The van der Waals surface area contributed by atoms with Crippen LogP contribution in [0.25, 0.3) is 0 Å². The van der Waals surface area contributed by atoms with Gasteiger partial charge in [-0.3, -0.25) is 4.79 Å². The van der Waals surface area contributed by atoms with Crippen molar-refractivity contribution in [2.75, 3.05) is 13.7 Å². The molecule has 20 heavy (non-hydrogen) atoms. The standard InChI is InChI=1S/C14H19NO5/c1-9-5-6-10(11(7-9)19-4)20-8-12(16)15-14(2,3)13(17)18/h5-7H,8H2,1-4H3,(H,15,16)(H,17,18). The van der Waals surface area contributed by atoms with E-state index in [0.29, 0.717) is 11.5 Å². The first kappa shape index (κ1) is 15.8. The number of carbonyl (C=O) groups excluding carboxylic acids is 1. The summed E-state index contributed by atoms with van der Waals surface area (Å²) in [7, 11) is 1.51. The third-order valence-corrected chi connectivity index (χ3v) is 2.66. The molecule has 0 heterocycles. The number of nitrogens with one attached hydrogen (secondary N) is 1. The normalized spacial score (nSPS) is 10.8. The monoisotopic (exact) mass is 281 g/mol. The summed E-state index contributed by atoms with van der Waals surface area (Å²) in [6.07, 6.45) is 0. The zero-order chi connectivity index (χ0) is 15.3. The summed E-state index contributed by atoms with van der Waals surface area (Å²) in [5.74, 6) is -0.671. The van der Waals surface area contributed by atoms with Gasteiger partial charge in [-0.25, -0.2) is 4.79 Å². The van der Waals surface area contributed by atoms with Gasteiger partial charge in [-0.1, -0.05) is 6.07 Å². The number of aliphatic carboxylic acids is 1. The molecule has 1 amide bonds. The van der Waals surface area contributed by atoms with Crippen LogP contribution in [0.2, 0.25) is 0 Å². The van der Waals surface area contributed by atoms with Crippen molar-refractivity contribution >= 4 is 11.9 Å². The minimum atomic E-state index is -1.34. The maximum Gasteiger partial charge on any atom is 0.328 e. The Morgan fingerprint density at radius 3 is 2.50 bits per heavy atom. The van der Waals surface area contributed by atoms with Crippen LogP contribution in [0, 0.1) is 6.92 Å². The van der Waals surface area contributed by atoms with E-state index in [1.54, 1.807) is 12.1 Å². The van der Waals surface area contributed by atoms with E-state index < -0.39 is 17.4 Å². The highest BCUT2D eigenvalue weighted by atomic mass is 16.5. The van der Waals surface area contributed by atoms with Crippen molar-refractivity contribution in [3.05, 3.63) is 23.8 Å². The molecule has 1 rings (SSSR count). The van der Waals surface area contributed by atoms with Crippen molar-refractivity contribution < 1.29 is 24.2 Å². The van der Waals surface area contributed by atoms with E-state index in [0.717, 1.165) is 5.56 Å². The Morgan fingerprint density at radius 2 is 1.95 bits per heavy atom. The molecule has 0 bridgehead atoms. The molecule has 0 saturated carbocycles. The molecule has 0 radical (unpaired) electrons. The Hall–Kier alpha value is -2.24. The fourth-order valence-electron chi connectivity index (χ4n) is 1.48. The van der Waals surface area contributed by atoms with Crippen LogP contribution in [0.5, 0.6) is 11.5 Å². The first-order valence-corrected chi connectivity index (χ1v) is 6.08. The number of amides is 1. The van der Waals surface area contributed by atoms with Gasteiger partial charge >= 0.3 is 5.97 Å².